The molecule has 1 aliphatic heterocycles. The van der Waals surface area contributed by atoms with Crippen molar-refractivity contribution >= 4 is 5.91 Å². The lowest BCUT2D eigenvalue weighted by molar-refractivity contribution is -0.121. The van der Waals surface area contributed by atoms with Crippen molar-refractivity contribution in [2.45, 2.75) is 51.1 Å². The lowest BCUT2D eigenvalue weighted by Gasteiger charge is -2.27. The summed E-state index contributed by atoms with van der Waals surface area (Å²) in [5.41, 5.74) is 0.104. The van der Waals surface area contributed by atoms with E-state index < -0.39 is 0 Å². The first-order valence-electron chi connectivity index (χ1n) is 6.70. The molecule has 17 heavy (non-hydrogen) atoms. The smallest absolute Gasteiger partial charge is 0.234 e. The first-order chi connectivity index (χ1) is 8.08. The molecule has 2 rings (SSSR count). The van der Waals surface area contributed by atoms with Gasteiger partial charge in [0, 0.05) is 24.8 Å². The van der Waals surface area contributed by atoms with Crippen LogP contribution in [0.4, 0.5) is 0 Å². The zero-order chi connectivity index (χ0) is 12.3. The Morgan fingerprint density at radius 1 is 1.24 bits per heavy atom. The molecule has 4 nitrogen and oxygen atoms in total. The Morgan fingerprint density at radius 2 is 1.88 bits per heavy atom. The van der Waals surface area contributed by atoms with Gasteiger partial charge in [-0.25, -0.2) is 0 Å². The number of carbonyl (C=O) groups excluding carboxylic acids is 1. The van der Waals surface area contributed by atoms with Gasteiger partial charge >= 0.3 is 0 Å². The van der Waals surface area contributed by atoms with Crippen LogP contribution in [0.5, 0.6) is 0 Å². The standard InChI is InChI=1S/C13H24N2O2/c1-13(2,10-3-4-10)14-9-12(16)15-11-5-7-17-8-6-11/h10-11,14H,3-9H2,1-2H3,(H,15,16). The molecule has 1 amide bonds. The molecule has 0 spiro atoms. The highest BCUT2D eigenvalue weighted by molar-refractivity contribution is 5.78. The number of amides is 1. The van der Waals surface area contributed by atoms with Gasteiger partial charge in [0.05, 0.1) is 6.54 Å². The Morgan fingerprint density at radius 3 is 2.47 bits per heavy atom. The van der Waals surface area contributed by atoms with Crippen molar-refractivity contribution in [2.75, 3.05) is 19.8 Å². The second-order valence-corrected chi connectivity index (χ2v) is 5.80. The van der Waals surface area contributed by atoms with Crippen LogP contribution in [0, 0.1) is 5.92 Å². The van der Waals surface area contributed by atoms with E-state index >= 15 is 0 Å². The van der Waals surface area contributed by atoms with Crippen LogP contribution in [0.3, 0.4) is 0 Å². The van der Waals surface area contributed by atoms with Crippen molar-refractivity contribution in [3.05, 3.63) is 0 Å². The lowest BCUT2D eigenvalue weighted by Crippen LogP contribution is -2.49. The number of hydrogen-bond acceptors (Lipinski definition) is 3. The zero-order valence-corrected chi connectivity index (χ0v) is 10.9. The third kappa shape index (κ3) is 3.96. The minimum absolute atomic E-state index is 0.104. The third-order valence-corrected chi connectivity index (χ3v) is 3.89. The van der Waals surface area contributed by atoms with E-state index in [0.717, 1.165) is 32.0 Å². The summed E-state index contributed by atoms with van der Waals surface area (Å²) in [5.74, 6) is 0.865. The maximum Gasteiger partial charge on any atom is 0.234 e. The molecule has 0 radical (unpaired) electrons. The van der Waals surface area contributed by atoms with E-state index in [9.17, 15) is 4.79 Å². The van der Waals surface area contributed by atoms with E-state index in [-0.39, 0.29) is 11.4 Å². The van der Waals surface area contributed by atoms with Gasteiger partial charge in [-0.3, -0.25) is 4.79 Å². The summed E-state index contributed by atoms with van der Waals surface area (Å²) < 4.78 is 5.27. The van der Waals surface area contributed by atoms with Gasteiger partial charge in [0.1, 0.15) is 0 Å². The molecule has 0 aromatic heterocycles. The normalized spacial score (nSPS) is 22.5. The van der Waals surface area contributed by atoms with Crippen molar-refractivity contribution < 1.29 is 9.53 Å². The molecular weight excluding hydrogens is 216 g/mol. The van der Waals surface area contributed by atoms with E-state index in [4.69, 9.17) is 4.74 Å². The molecular formula is C13H24N2O2. The summed E-state index contributed by atoms with van der Waals surface area (Å²) in [4.78, 5) is 11.8. The van der Waals surface area contributed by atoms with Gasteiger partial charge in [0.25, 0.3) is 0 Å². The Hall–Kier alpha value is -0.610. The lowest BCUT2D eigenvalue weighted by atomic mass is 9.99. The fraction of sp³-hybridized carbons (Fsp3) is 0.923. The van der Waals surface area contributed by atoms with Crippen LogP contribution in [0.15, 0.2) is 0 Å². The molecule has 0 aromatic carbocycles. The van der Waals surface area contributed by atoms with Gasteiger partial charge < -0.3 is 15.4 Å². The number of hydrogen-bond donors (Lipinski definition) is 2. The third-order valence-electron chi connectivity index (χ3n) is 3.89. The summed E-state index contributed by atoms with van der Waals surface area (Å²) >= 11 is 0. The van der Waals surface area contributed by atoms with Gasteiger partial charge in [-0.2, -0.15) is 0 Å². The Balaban J connectivity index is 1.66. The maximum atomic E-state index is 11.8. The van der Waals surface area contributed by atoms with Gasteiger partial charge in [0.15, 0.2) is 0 Å². The van der Waals surface area contributed by atoms with E-state index in [1.165, 1.54) is 12.8 Å². The Kier molecular flexibility index (Phi) is 4.05. The quantitative estimate of drug-likeness (QED) is 0.755. The highest BCUT2D eigenvalue weighted by Gasteiger charge is 2.37. The second kappa shape index (κ2) is 5.36. The highest BCUT2D eigenvalue weighted by Crippen LogP contribution is 2.38. The number of ether oxygens (including phenoxy) is 1. The van der Waals surface area contributed by atoms with Crippen LogP contribution >= 0.6 is 0 Å². The fourth-order valence-corrected chi connectivity index (χ4v) is 2.38. The minimum atomic E-state index is 0.104. The van der Waals surface area contributed by atoms with Crippen LogP contribution in [0.25, 0.3) is 0 Å². The van der Waals surface area contributed by atoms with Crippen LogP contribution in [-0.4, -0.2) is 37.2 Å². The van der Waals surface area contributed by atoms with Gasteiger partial charge in [-0.1, -0.05) is 0 Å². The molecule has 2 N–H and O–H groups in total. The van der Waals surface area contributed by atoms with E-state index in [2.05, 4.69) is 24.5 Å². The molecule has 0 bridgehead atoms. The van der Waals surface area contributed by atoms with Crippen LogP contribution in [0.2, 0.25) is 0 Å². The Bertz CT molecular complexity index is 269. The largest absolute Gasteiger partial charge is 0.381 e. The van der Waals surface area contributed by atoms with Crippen molar-refractivity contribution in [1.29, 1.82) is 0 Å². The van der Waals surface area contributed by atoms with Crippen molar-refractivity contribution in [3.63, 3.8) is 0 Å². The van der Waals surface area contributed by atoms with Crippen LogP contribution < -0.4 is 10.6 Å². The van der Waals surface area contributed by atoms with E-state index in [1.54, 1.807) is 0 Å². The summed E-state index contributed by atoms with van der Waals surface area (Å²) in [6.45, 7) is 6.34. The monoisotopic (exact) mass is 240 g/mol. The van der Waals surface area contributed by atoms with Crippen molar-refractivity contribution in [1.82, 2.24) is 10.6 Å². The fourth-order valence-electron chi connectivity index (χ4n) is 2.38. The SMILES string of the molecule is CC(C)(NCC(=O)NC1CCOCC1)C1CC1. The summed E-state index contributed by atoms with van der Waals surface area (Å²) in [6.07, 6.45) is 4.47. The Labute approximate surface area is 103 Å². The maximum absolute atomic E-state index is 11.8. The highest BCUT2D eigenvalue weighted by atomic mass is 16.5. The van der Waals surface area contributed by atoms with Crippen LogP contribution in [-0.2, 0) is 9.53 Å². The zero-order valence-electron chi connectivity index (χ0n) is 10.9. The summed E-state index contributed by atoms with van der Waals surface area (Å²) in [7, 11) is 0. The predicted molar refractivity (Wildman–Crippen MR) is 66.8 cm³/mol. The summed E-state index contributed by atoms with van der Waals surface area (Å²) in [5, 5.41) is 6.44. The predicted octanol–water partition coefficient (Wildman–Crippen LogP) is 1.06. The van der Waals surface area contributed by atoms with Gasteiger partial charge in [-0.05, 0) is 45.4 Å². The number of nitrogens with one attached hydrogen (secondary N) is 2. The average Bonchev–Trinajstić information content (AvgIpc) is 3.12. The molecule has 98 valence electrons. The van der Waals surface area contributed by atoms with Gasteiger partial charge in [0.2, 0.25) is 5.91 Å². The molecule has 0 aromatic rings. The van der Waals surface area contributed by atoms with Crippen LogP contribution in [0.1, 0.15) is 39.5 Å². The van der Waals surface area contributed by atoms with Gasteiger partial charge in [-0.15, -0.1) is 0 Å². The van der Waals surface area contributed by atoms with E-state index in [1.807, 2.05) is 0 Å². The second-order valence-electron chi connectivity index (χ2n) is 5.80. The summed E-state index contributed by atoms with van der Waals surface area (Å²) in [6, 6.07) is 0.307. The van der Waals surface area contributed by atoms with Crippen molar-refractivity contribution in [3.8, 4) is 0 Å². The molecule has 0 atom stereocenters. The van der Waals surface area contributed by atoms with Crippen molar-refractivity contribution in [2.24, 2.45) is 5.92 Å². The first-order valence-corrected chi connectivity index (χ1v) is 6.70. The average molecular weight is 240 g/mol. The number of rotatable bonds is 5. The first kappa shape index (κ1) is 12.8. The molecule has 4 heteroatoms. The molecule has 2 fully saturated rings. The molecule has 1 saturated heterocycles. The van der Waals surface area contributed by atoms with E-state index in [0.29, 0.717) is 12.6 Å². The topological polar surface area (TPSA) is 50.4 Å². The molecule has 0 unspecified atom stereocenters. The molecule has 1 heterocycles. The molecule has 1 saturated carbocycles. The molecule has 2 aliphatic rings. The number of carbonyl (C=O) groups is 1. The minimum Gasteiger partial charge on any atom is -0.381 e. The molecule has 1 aliphatic carbocycles.